The van der Waals surface area contributed by atoms with E-state index in [1.807, 2.05) is 0 Å². The van der Waals surface area contributed by atoms with Crippen LogP contribution in [-0.2, 0) is 14.6 Å². The highest BCUT2D eigenvalue weighted by Gasteiger charge is 2.55. The normalized spacial score (nSPS) is 34.4. The van der Waals surface area contributed by atoms with E-state index in [-0.39, 0.29) is 0 Å². The number of hydrogen-bond acceptors (Lipinski definition) is 4. The van der Waals surface area contributed by atoms with Crippen LogP contribution in [0.1, 0.15) is 58.3 Å². The van der Waals surface area contributed by atoms with Gasteiger partial charge in [-0.3, -0.25) is 0 Å². The van der Waals surface area contributed by atoms with Gasteiger partial charge in [0.25, 0.3) is 0 Å². The third-order valence-electron chi connectivity index (χ3n) is 6.26. The molecule has 4 nitrogen and oxygen atoms in total. The Kier molecular flexibility index (Phi) is 5.15. The zero-order valence-corrected chi connectivity index (χ0v) is 14.7. The molecule has 3 rings (SSSR count). The molecule has 2 saturated carbocycles. The van der Waals surface area contributed by atoms with Gasteiger partial charge in [0.1, 0.15) is 9.84 Å². The average molecular weight is 330 g/mol. The monoisotopic (exact) mass is 329 g/mol. The summed E-state index contributed by atoms with van der Waals surface area (Å²) in [5.41, 5.74) is 0.370. The van der Waals surface area contributed by atoms with Crippen LogP contribution in [0.25, 0.3) is 0 Å². The van der Waals surface area contributed by atoms with Crippen molar-refractivity contribution in [1.82, 2.24) is 5.32 Å². The summed E-state index contributed by atoms with van der Waals surface area (Å²) in [7, 11) is -2.74. The van der Waals surface area contributed by atoms with E-state index < -0.39 is 9.84 Å². The fraction of sp³-hybridized carbons (Fsp3) is 1.00. The smallest absolute Gasteiger partial charge is 0.150 e. The minimum Gasteiger partial charge on any atom is -0.378 e. The third kappa shape index (κ3) is 3.36. The molecule has 22 heavy (non-hydrogen) atoms. The van der Waals surface area contributed by atoms with Gasteiger partial charge in [-0.05, 0) is 51.5 Å². The first-order valence-electron chi connectivity index (χ1n) is 9.11. The van der Waals surface area contributed by atoms with E-state index in [0.29, 0.717) is 35.0 Å². The van der Waals surface area contributed by atoms with Crippen molar-refractivity contribution in [2.45, 2.75) is 70.4 Å². The van der Waals surface area contributed by atoms with Crippen molar-refractivity contribution in [3.63, 3.8) is 0 Å². The predicted octanol–water partition coefficient (Wildman–Crippen LogP) is 2.53. The lowest BCUT2D eigenvalue weighted by Crippen LogP contribution is -2.65. The molecule has 0 radical (unpaired) electrons. The molecule has 1 N–H and O–H groups in total. The van der Waals surface area contributed by atoms with Gasteiger partial charge in [0, 0.05) is 18.1 Å². The van der Waals surface area contributed by atoms with Crippen LogP contribution in [0.4, 0.5) is 0 Å². The van der Waals surface area contributed by atoms with Crippen LogP contribution >= 0.6 is 0 Å². The molecule has 1 heterocycles. The SMILES string of the molecule is CCO[C@H]1C[C@@H](NCC2CCS(=O)(=O)CC2)C12CCCCC2. The lowest BCUT2D eigenvalue weighted by atomic mass is 9.55. The minimum absolute atomic E-state index is 0.370. The summed E-state index contributed by atoms with van der Waals surface area (Å²) < 4.78 is 29.0. The minimum atomic E-state index is -2.74. The molecule has 0 aromatic carbocycles. The van der Waals surface area contributed by atoms with E-state index in [2.05, 4.69) is 12.2 Å². The summed E-state index contributed by atoms with van der Waals surface area (Å²) in [5.74, 6) is 1.31. The molecule has 128 valence electrons. The van der Waals surface area contributed by atoms with E-state index in [0.717, 1.165) is 32.4 Å². The molecule has 0 unspecified atom stereocenters. The maximum atomic E-state index is 11.5. The molecule has 1 aliphatic heterocycles. The van der Waals surface area contributed by atoms with Gasteiger partial charge in [0.05, 0.1) is 17.6 Å². The quantitative estimate of drug-likeness (QED) is 0.842. The molecule has 0 aromatic rings. The molecule has 0 aromatic heterocycles. The molecule has 3 fully saturated rings. The first-order chi connectivity index (χ1) is 10.6. The van der Waals surface area contributed by atoms with Gasteiger partial charge in [-0.2, -0.15) is 0 Å². The average Bonchev–Trinajstić information content (AvgIpc) is 2.52. The number of sulfone groups is 1. The van der Waals surface area contributed by atoms with Crippen LogP contribution in [0.3, 0.4) is 0 Å². The molecule has 1 spiro atoms. The van der Waals surface area contributed by atoms with Crippen LogP contribution in [0.2, 0.25) is 0 Å². The highest BCUT2D eigenvalue weighted by molar-refractivity contribution is 7.91. The Morgan fingerprint density at radius 3 is 2.45 bits per heavy atom. The summed E-state index contributed by atoms with van der Waals surface area (Å²) in [6.07, 6.45) is 9.90. The highest BCUT2D eigenvalue weighted by Crippen LogP contribution is 2.53. The largest absolute Gasteiger partial charge is 0.378 e. The number of nitrogens with one attached hydrogen (secondary N) is 1. The van der Waals surface area contributed by atoms with E-state index in [1.165, 1.54) is 32.1 Å². The van der Waals surface area contributed by atoms with Gasteiger partial charge in [-0.25, -0.2) is 8.42 Å². The van der Waals surface area contributed by atoms with E-state index in [4.69, 9.17) is 4.74 Å². The molecular formula is C17H31NO3S. The second kappa shape index (κ2) is 6.78. The molecule has 5 heteroatoms. The Hall–Kier alpha value is -0.130. The second-order valence-electron chi connectivity index (χ2n) is 7.53. The molecular weight excluding hydrogens is 298 g/mol. The van der Waals surface area contributed by atoms with Crippen molar-refractivity contribution in [1.29, 1.82) is 0 Å². The molecule has 0 amide bonds. The summed E-state index contributed by atoms with van der Waals surface area (Å²) >= 11 is 0. The van der Waals surface area contributed by atoms with Crippen LogP contribution in [0.15, 0.2) is 0 Å². The summed E-state index contributed by atoms with van der Waals surface area (Å²) in [4.78, 5) is 0. The van der Waals surface area contributed by atoms with E-state index in [1.54, 1.807) is 0 Å². The number of hydrogen-bond donors (Lipinski definition) is 1. The first kappa shape index (κ1) is 16.7. The van der Waals surface area contributed by atoms with Gasteiger partial charge in [-0.15, -0.1) is 0 Å². The molecule has 0 bridgehead atoms. The van der Waals surface area contributed by atoms with Crippen molar-refractivity contribution in [2.75, 3.05) is 24.7 Å². The first-order valence-corrected chi connectivity index (χ1v) is 10.9. The molecule has 1 saturated heterocycles. The summed E-state index contributed by atoms with van der Waals surface area (Å²) in [6.45, 7) is 3.90. The van der Waals surface area contributed by atoms with E-state index >= 15 is 0 Å². The fourth-order valence-electron chi connectivity index (χ4n) is 4.80. The summed E-state index contributed by atoms with van der Waals surface area (Å²) in [5, 5.41) is 3.79. The van der Waals surface area contributed by atoms with Gasteiger partial charge >= 0.3 is 0 Å². The lowest BCUT2D eigenvalue weighted by molar-refractivity contribution is -0.150. The fourth-order valence-corrected chi connectivity index (χ4v) is 6.39. The molecule has 2 atom stereocenters. The van der Waals surface area contributed by atoms with Gasteiger partial charge < -0.3 is 10.1 Å². The lowest BCUT2D eigenvalue weighted by Gasteiger charge is -2.58. The Morgan fingerprint density at radius 2 is 1.82 bits per heavy atom. The van der Waals surface area contributed by atoms with E-state index in [9.17, 15) is 8.42 Å². The van der Waals surface area contributed by atoms with Crippen molar-refractivity contribution in [3.8, 4) is 0 Å². The Morgan fingerprint density at radius 1 is 1.14 bits per heavy atom. The van der Waals surface area contributed by atoms with Gasteiger partial charge in [0.15, 0.2) is 0 Å². The topological polar surface area (TPSA) is 55.4 Å². The highest BCUT2D eigenvalue weighted by atomic mass is 32.2. The van der Waals surface area contributed by atoms with Crippen LogP contribution in [-0.4, -0.2) is 45.2 Å². The third-order valence-corrected chi connectivity index (χ3v) is 7.98. The van der Waals surface area contributed by atoms with Crippen molar-refractivity contribution >= 4 is 9.84 Å². The van der Waals surface area contributed by atoms with Crippen molar-refractivity contribution in [2.24, 2.45) is 11.3 Å². The Bertz CT molecular complexity index is 456. The molecule has 3 aliphatic rings. The second-order valence-corrected chi connectivity index (χ2v) is 9.83. The zero-order chi connectivity index (χ0) is 15.6. The summed E-state index contributed by atoms with van der Waals surface area (Å²) in [6, 6.07) is 0.586. The standard InChI is InChI=1S/C17H31NO3S/c1-2-21-16-12-15(17(16)8-4-3-5-9-17)18-13-14-6-10-22(19,20)11-7-14/h14-16,18H,2-13H2,1H3/t15-,16+/m1/s1. The van der Waals surface area contributed by atoms with Crippen LogP contribution in [0, 0.1) is 11.3 Å². The van der Waals surface area contributed by atoms with Gasteiger partial charge in [-0.1, -0.05) is 19.3 Å². The number of rotatable bonds is 5. The van der Waals surface area contributed by atoms with Crippen molar-refractivity contribution in [3.05, 3.63) is 0 Å². The maximum absolute atomic E-state index is 11.5. The molecule has 2 aliphatic carbocycles. The predicted molar refractivity (Wildman–Crippen MR) is 88.7 cm³/mol. The van der Waals surface area contributed by atoms with Crippen LogP contribution < -0.4 is 5.32 Å². The zero-order valence-electron chi connectivity index (χ0n) is 13.9. The Labute approximate surface area is 135 Å². The number of ether oxygens (including phenoxy) is 1. The van der Waals surface area contributed by atoms with Gasteiger partial charge in [0.2, 0.25) is 0 Å². The van der Waals surface area contributed by atoms with Crippen LogP contribution in [0.5, 0.6) is 0 Å². The van der Waals surface area contributed by atoms with Crippen molar-refractivity contribution < 1.29 is 13.2 Å². The Balaban J connectivity index is 1.52. The maximum Gasteiger partial charge on any atom is 0.150 e.